The lowest BCUT2D eigenvalue weighted by Crippen LogP contribution is -2.12. The number of benzene rings is 1. The molecule has 0 N–H and O–H groups in total. The molecule has 0 saturated heterocycles. The number of carbonyl (C=O) groups excluding carboxylic acids is 2. The molecular weight excluding hydrogens is 372 g/mol. The van der Waals surface area contributed by atoms with Crippen molar-refractivity contribution in [2.24, 2.45) is 0 Å². The molecule has 0 saturated carbocycles. The Morgan fingerprint density at radius 3 is 2.50 bits per heavy atom. The highest BCUT2D eigenvalue weighted by molar-refractivity contribution is 9.10. The van der Waals surface area contributed by atoms with Crippen molar-refractivity contribution in [3.8, 4) is 0 Å². The minimum absolute atomic E-state index is 0.0486. The number of halogens is 1. The van der Waals surface area contributed by atoms with Crippen LogP contribution < -0.4 is 0 Å². The van der Waals surface area contributed by atoms with Gasteiger partial charge in [0.1, 0.15) is 6.10 Å². The van der Waals surface area contributed by atoms with Crippen LogP contribution in [0, 0.1) is 0 Å². The number of unbranched alkanes of at least 4 members (excludes halogenated alkanes) is 4. The van der Waals surface area contributed by atoms with Crippen molar-refractivity contribution < 1.29 is 19.1 Å². The maximum atomic E-state index is 11.8. The van der Waals surface area contributed by atoms with E-state index in [-0.39, 0.29) is 30.9 Å². The summed E-state index contributed by atoms with van der Waals surface area (Å²) in [6, 6.07) is 7.61. The first kappa shape index (κ1) is 20.7. The van der Waals surface area contributed by atoms with Gasteiger partial charge in [0.25, 0.3) is 0 Å². The minimum Gasteiger partial charge on any atom is -0.466 e. The first-order valence-corrected chi connectivity index (χ1v) is 9.42. The van der Waals surface area contributed by atoms with Gasteiger partial charge in [-0.1, -0.05) is 60.7 Å². The average molecular weight is 399 g/mol. The fraction of sp³-hybridized carbons (Fsp3) is 0.579. The lowest BCUT2D eigenvalue weighted by Gasteiger charge is -2.13. The monoisotopic (exact) mass is 398 g/mol. The highest BCUT2D eigenvalue weighted by atomic mass is 79.9. The van der Waals surface area contributed by atoms with Gasteiger partial charge in [-0.05, 0) is 31.0 Å². The summed E-state index contributed by atoms with van der Waals surface area (Å²) >= 11 is 3.39. The zero-order valence-corrected chi connectivity index (χ0v) is 16.1. The third kappa shape index (κ3) is 9.06. The molecule has 1 rings (SSSR count). The van der Waals surface area contributed by atoms with E-state index in [1.165, 1.54) is 19.3 Å². The molecule has 1 aromatic rings. The zero-order chi connectivity index (χ0) is 17.8. The van der Waals surface area contributed by atoms with Gasteiger partial charge < -0.3 is 9.47 Å². The molecule has 0 fully saturated rings. The lowest BCUT2D eigenvalue weighted by molar-refractivity contribution is -0.153. The van der Waals surface area contributed by atoms with Crippen LogP contribution in [0.25, 0.3) is 0 Å². The second-order valence-electron chi connectivity index (χ2n) is 5.82. The molecule has 1 unspecified atom stereocenters. The van der Waals surface area contributed by atoms with Crippen molar-refractivity contribution in [3.63, 3.8) is 0 Å². The van der Waals surface area contributed by atoms with E-state index in [0.717, 1.165) is 22.9 Å². The van der Waals surface area contributed by atoms with E-state index in [1.807, 2.05) is 31.2 Å². The molecule has 0 bridgehead atoms. The summed E-state index contributed by atoms with van der Waals surface area (Å²) in [5.41, 5.74) is 0.910. The van der Waals surface area contributed by atoms with Crippen molar-refractivity contribution in [3.05, 3.63) is 34.3 Å². The van der Waals surface area contributed by atoms with Crippen LogP contribution in [0.2, 0.25) is 0 Å². The SMILES string of the molecule is CCCCCCCOC(=O)CCC(=O)OC(C)c1cccc(Br)c1. The maximum absolute atomic E-state index is 11.8. The number of esters is 2. The number of ether oxygens (including phenoxy) is 2. The van der Waals surface area contributed by atoms with E-state index < -0.39 is 0 Å². The molecule has 0 aromatic heterocycles. The molecule has 24 heavy (non-hydrogen) atoms. The number of rotatable bonds is 11. The van der Waals surface area contributed by atoms with Gasteiger partial charge in [-0.2, -0.15) is 0 Å². The summed E-state index contributed by atoms with van der Waals surface area (Å²) in [6.45, 7) is 4.41. The van der Waals surface area contributed by atoms with Gasteiger partial charge >= 0.3 is 11.9 Å². The quantitative estimate of drug-likeness (QED) is 0.372. The Morgan fingerprint density at radius 2 is 1.79 bits per heavy atom. The first-order valence-electron chi connectivity index (χ1n) is 8.63. The lowest BCUT2D eigenvalue weighted by atomic mass is 10.1. The highest BCUT2D eigenvalue weighted by Gasteiger charge is 2.14. The molecule has 1 atom stereocenters. The maximum Gasteiger partial charge on any atom is 0.306 e. The molecule has 0 spiro atoms. The van der Waals surface area contributed by atoms with Gasteiger partial charge in [0.05, 0.1) is 19.4 Å². The smallest absolute Gasteiger partial charge is 0.306 e. The number of hydrogen-bond acceptors (Lipinski definition) is 4. The Morgan fingerprint density at radius 1 is 1.08 bits per heavy atom. The van der Waals surface area contributed by atoms with Crippen molar-refractivity contribution in [2.75, 3.05) is 6.61 Å². The van der Waals surface area contributed by atoms with Gasteiger partial charge in [0, 0.05) is 4.47 Å². The summed E-state index contributed by atoms with van der Waals surface area (Å²) in [5.74, 6) is -0.722. The summed E-state index contributed by atoms with van der Waals surface area (Å²) in [7, 11) is 0. The fourth-order valence-electron chi connectivity index (χ4n) is 2.25. The molecule has 1 aromatic carbocycles. The topological polar surface area (TPSA) is 52.6 Å². The minimum atomic E-state index is -0.387. The third-order valence-electron chi connectivity index (χ3n) is 3.67. The number of carbonyl (C=O) groups is 2. The second-order valence-corrected chi connectivity index (χ2v) is 6.74. The Labute approximate surface area is 153 Å². The van der Waals surface area contributed by atoms with Crippen LogP contribution in [0.5, 0.6) is 0 Å². The molecule has 5 heteroatoms. The van der Waals surface area contributed by atoms with Crippen LogP contribution in [-0.2, 0) is 19.1 Å². The predicted molar refractivity (Wildman–Crippen MR) is 97.6 cm³/mol. The van der Waals surface area contributed by atoms with Crippen molar-refractivity contribution in [1.29, 1.82) is 0 Å². The summed E-state index contributed by atoms with van der Waals surface area (Å²) < 4.78 is 11.4. The molecule has 0 aliphatic carbocycles. The van der Waals surface area contributed by atoms with E-state index >= 15 is 0 Å². The molecule has 0 amide bonds. The van der Waals surface area contributed by atoms with E-state index in [9.17, 15) is 9.59 Å². The van der Waals surface area contributed by atoms with Crippen LogP contribution in [0.15, 0.2) is 28.7 Å². The highest BCUT2D eigenvalue weighted by Crippen LogP contribution is 2.21. The van der Waals surface area contributed by atoms with E-state index in [4.69, 9.17) is 9.47 Å². The largest absolute Gasteiger partial charge is 0.466 e. The molecule has 0 aliphatic rings. The van der Waals surface area contributed by atoms with E-state index in [2.05, 4.69) is 22.9 Å². The van der Waals surface area contributed by atoms with Crippen molar-refractivity contribution in [2.45, 2.75) is 64.9 Å². The molecular formula is C19H27BrO4. The van der Waals surface area contributed by atoms with Crippen LogP contribution in [0.1, 0.15) is 70.5 Å². The number of hydrogen-bond donors (Lipinski definition) is 0. The Balaban J connectivity index is 2.17. The molecule has 4 nitrogen and oxygen atoms in total. The Hall–Kier alpha value is -1.36. The van der Waals surface area contributed by atoms with Crippen LogP contribution in [0.3, 0.4) is 0 Å². The molecule has 134 valence electrons. The predicted octanol–water partition coefficient (Wildman–Crippen LogP) is 5.35. The van der Waals surface area contributed by atoms with E-state index in [0.29, 0.717) is 6.61 Å². The first-order chi connectivity index (χ1) is 11.5. The molecule has 0 heterocycles. The Bertz CT molecular complexity index is 516. The van der Waals surface area contributed by atoms with Crippen molar-refractivity contribution in [1.82, 2.24) is 0 Å². The van der Waals surface area contributed by atoms with Gasteiger partial charge in [-0.25, -0.2) is 0 Å². The van der Waals surface area contributed by atoms with E-state index in [1.54, 1.807) is 0 Å². The second kappa shape index (κ2) is 12.1. The van der Waals surface area contributed by atoms with Crippen molar-refractivity contribution >= 4 is 27.9 Å². The van der Waals surface area contributed by atoms with Gasteiger partial charge in [0.15, 0.2) is 0 Å². The van der Waals surface area contributed by atoms with Gasteiger partial charge in [-0.15, -0.1) is 0 Å². The summed E-state index contributed by atoms with van der Waals surface area (Å²) in [6.07, 6.45) is 5.32. The summed E-state index contributed by atoms with van der Waals surface area (Å²) in [4.78, 5) is 23.4. The van der Waals surface area contributed by atoms with Gasteiger partial charge in [0.2, 0.25) is 0 Å². The molecule has 0 aliphatic heterocycles. The van der Waals surface area contributed by atoms with Crippen LogP contribution in [-0.4, -0.2) is 18.5 Å². The Kier molecular flexibility index (Phi) is 10.4. The average Bonchev–Trinajstić information content (AvgIpc) is 2.56. The van der Waals surface area contributed by atoms with Crippen LogP contribution >= 0.6 is 15.9 Å². The normalized spacial score (nSPS) is 11.8. The van der Waals surface area contributed by atoms with Crippen LogP contribution in [0.4, 0.5) is 0 Å². The van der Waals surface area contributed by atoms with Gasteiger partial charge in [-0.3, -0.25) is 9.59 Å². The standard InChI is InChI=1S/C19H27BrO4/c1-3-4-5-6-7-13-23-18(21)11-12-19(22)24-15(2)16-9-8-10-17(20)14-16/h8-10,14-15H,3-7,11-13H2,1-2H3. The molecule has 0 radical (unpaired) electrons. The fourth-order valence-corrected chi connectivity index (χ4v) is 2.67. The summed E-state index contributed by atoms with van der Waals surface area (Å²) in [5, 5.41) is 0. The third-order valence-corrected chi connectivity index (χ3v) is 4.16. The zero-order valence-electron chi connectivity index (χ0n) is 14.6.